The second-order valence-electron chi connectivity index (χ2n) is 9.11. The Morgan fingerprint density at radius 2 is 1.87 bits per heavy atom. The molecule has 31 heavy (non-hydrogen) atoms. The molecule has 2 amide bonds. The molecule has 8 nitrogen and oxygen atoms in total. The quantitative estimate of drug-likeness (QED) is 0.652. The van der Waals surface area contributed by atoms with Gasteiger partial charge >= 0.3 is 6.03 Å². The van der Waals surface area contributed by atoms with Gasteiger partial charge in [-0.3, -0.25) is 0 Å². The molecule has 4 fully saturated rings. The van der Waals surface area contributed by atoms with Gasteiger partial charge in [-0.2, -0.15) is 10.2 Å². The van der Waals surface area contributed by atoms with E-state index in [2.05, 4.69) is 20.9 Å². The molecule has 0 radical (unpaired) electrons. The minimum Gasteiger partial charge on any atom is -0.485 e. The van der Waals surface area contributed by atoms with E-state index in [4.69, 9.17) is 14.2 Å². The van der Waals surface area contributed by atoms with Crippen LogP contribution in [-0.2, 0) is 16.0 Å². The second kappa shape index (κ2) is 9.53. The van der Waals surface area contributed by atoms with Crippen molar-refractivity contribution in [1.29, 1.82) is 0 Å². The van der Waals surface area contributed by atoms with Gasteiger partial charge in [0.2, 0.25) is 0 Å². The van der Waals surface area contributed by atoms with Crippen LogP contribution in [0.25, 0.3) is 0 Å². The molecule has 5 rings (SSSR count). The van der Waals surface area contributed by atoms with Crippen molar-refractivity contribution in [2.45, 2.75) is 87.9 Å². The maximum atomic E-state index is 12.4. The predicted octanol–water partition coefficient (Wildman–Crippen LogP) is 3.35. The van der Waals surface area contributed by atoms with Crippen LogP contribution in [0.1, 0.15) is 50.5 Å². The third-order valence-electron chi connectivity index (χ3n) is 6.50. The molecule has 2 N–H and O–H groups in total. The van der Waals surface area contributed by atoms with Crippen LogP contribution in [-0.4, -0.2) is 55.7 Å². The van der Waals surface area contributed by atoms with E-state index >= 15 is 0 Å². The van der Waals surface area contributed by atoms with Crippen molar-refractivity contribution in [3.05, 3.63) is 29.8 Å². The summed E-state index contributed by atoms with van der Waals surface area (Å²) in [6, 6.07) is 8.39. The number of carbonyl (C=O) groups is 1. The predicted molar refractivity (Wildman–Crippen MR) is 114 cm³/mol. The third kappa shape index (κ3) is 5.36. The largest absolute Gasteiger partial charge is 0.485 e. The Kier molecular flexibility index (Phi) is 6.36. The molecule has 2 heterocycles. The highest BCUT2D eigenvalue weighted by Crippen LogP contribution is 2.30. The zero-order chi connectivity index (χ0) is 21.0. The lowest BCUT2D eigenvalue weighted by Gasteiger charge is -2.24. The van der Waals surface area contributed by atoms with Crippen LogP contribution < -0.4 is 15.4 Å². The molecule has 2 saturated carbocycles. The Hall–Kier alpha value is -2.19. The molecule has 0 spiro atoms. The number of hydrogen-bond acceptors (Lipinski definition) is 6. The van der Waals surface area contributed by atoms with Gasteiger partial charge in [0.15, 0.2) is 6.10 Å². The number of urea groups is 1. The molecule has 4 atom stereocenters. The van der Waals surface area contributed by atoms with Gasteiger partial charge < -0.3 is 24.8 Å². The summed E-state index contributed by atoms with van der Waals surface area (Å²) < 4.78 is 18.1. The summed E-state index contributed by atoms with van der Waals surface area (Å²) in [5, 5.41) is 14.7. The average molecular weight is 429 g/mol. The van der Waals surface area contributed by atoms with Crippen LogP contribution in [0.2, 0.25) is 0 Å². The van der Waals surface area contributed by atoms with E-state index in [0.29, 0.717) is 25.8 Å². The summed E-state index contributed by atoms with van der Waals surface area (Å²) in [7, 11) is 0. The highest BCUT2D eigenvalue weighted by atomic mass is 16.6. The molecule has 0 bridgehead atoms. The minimum atomic E-state index is -0.193. The Morgan fingerprint density at radius 1 is 1.03 bits per heavy atom. The molecule has 2 aliphatic heterocycles. The van der Waals surface area contributed by atoms with Gasteiger partial charge in [0.05, 0.1) is 31.8 Å². The normalized spacial score (nSPS) is 31.0. The van der Waals surface area contributed by atoms with Crippen molar-refractivity contribution in [1.82, 2.24) is 10.6 Å². The van der Waals surface area contributed by atoms with Gasteiger partial charge in [0, 0.05) is 6.04 Å². The molecule has 0 aromatic heterocycles. The van der Waals surface area contributed by atoms with Crippen molar-refractivity contribution in [3.8, 4) is 5.75 Å². The maximum Gasteiger partial charge on any atom is 0.315 e. The lowest BCUT2D eigenvalue weighted by atomic mass is 9.96. The van der Waals surface area contributed by atoms with E-state index in [1.807, 2.05) is 24.3 Å². The second-order valence-corrected chi connectivity index (χ2v) is 9.11. The molecule has 0 unspecified atom stereocenters. The van der Waals surface area contributed by atoms with Gasteiger partial charge in [-0.15, -0.1) is 0 Å². The van der Waals surface area contributed by atoms with Gasteiger partial charge in [0.1, 0.15) is 18.0 Å². The standard InChI is InChI=1S/C23H32N4O4/c28-23(25-16-6-2-1-3-7-16)26-19-13-29-22-20(14-30-21(19)22)31-18-8-4-5-15(11-18)12-24-27-17-9-10-17/h4-5,8,11,16-17,19-22H,1-3,6-7,9-10,12-14H2,(H2,25,26,28)/b27-24+/t19-,20-,21+,22+/m0/s1. The average Bonchev–Trinajstić information content (AvgIpc) is 3.39. The number of azo groups is 1. The number of fused-ring (bicyclic) bond motifs is 1. The maximum absolute atomic E-state index is 12.4. The van der Waals surface area contributed by atoms with Crippen molar-refractivity contribution < 1.29 is 19.0 Å². The third-order valence-corrected chi connectivity index (χ3v) is 6.50. The summed E-state index contributed by atoms with van der Waals surface area (Å²) in [5.74, 6) is 0.781. The molecular formula is C23H32N4O4. The first-order valence-corrected chi connectivity index (χ1v) is 11.7. The van der Waals surface area contributed by atoms with Crippen LogP contribution >= 0.6 is 0 Å². The molecule has 8 heteroatoms. The van der Waals surface area contributed by atoms with E-state index in [1.54, 1.807) is 0 Å². The summed E-state index contributed by atoms with van der Waals surface area (Å²) in [5.41, 5.74) is 1.07. The first-order chi connectivity index (χ1) is 15.2. The molecule has 2 saturated heterocycles. The lowest BCUT2D eigenvalue weighted by molar-refractivity contribution is 0.0303. The number of carbonyl (C=O) groups excluding carboxylic acids is 1. The fourth-order valence-electron chi connectivity index (χ4n) is 4.65. The summed E-state index contributed by atoms with van der Waals surface area (Å²) in [6.45, 7) is 1.46. The van der Waals surface area contributed by atoms with E-state index in [1.165, 1.54) is 19.3 Å². The SMILES string of the molecule is O=C(NC1CCCCC1)N[C@H]1CO[C@H]2[C@@H]1OC[C@@H]2Oc1cccc(C/N=N/C2CC2)c1. The highest BCUT2D eigenvalue weighted by Gasteiger charge is 2.49. The number of ether oxygens (including phenoxy) is 3. The number of hydrogen-bond donors (Lipinski definition) is 2. The summed E-state index contributed by atoms with van der Waals surface area (Å²) in [6.07, 6.45) is 7.54. The van der Waals surface area contributed by atoms with Gasteiger partial charge in [-0.25, -0.2) is 4.79 Å². The fourth-order valence-corrected chi connectivity index (χ4v) is 4.65. The van der Waals surface area contributed by atoms with E-state index in [9.17, 15) is 4.79 Å². The van der Waals surface area contributed by atoms with Gasteiger partial charge in [-0.1, -0.05) is 31.4 Å². The first-order valence-electron chi connectivity index (χ1n) is 11.7. The lowest BCUT2D eigenvalue weighted by Crippen LogP contribution is -2.51. The van der Waals surface area contributed by atoms with E-state index < -0.39 is 0 Å². The minimum absolute atomic E-state index is 0.123. The van der Waals surface area contributed by atoms with Crippen LogP contribution in [0.15, 0.2) is 34.5 Å². The monoisotopic (exact) mass is 428 g/mol. The molecule has 1 aromatic rings. The Bertz CT molecular complexity index is 794. The summed E-state index contributed by atoms with van der Waals surface area (Å²) in [4.78, 5) is 12.4. The molecule has 4 aliphatic rings. The number of nitrogens with zero attached hydrogens (tertiary/aromatic N) is 2. The van der Waals surface area contributed by atoms with Gasteiger partial charge in [0.25, 0.3) is 0 Å². The first kappa shape index (κ1) is 20.7. The molecule has 1 aromatic carbocycles. The smallest absolute Gasteiger partial charge is 0.315 e. The Morgan fingerprint density at radius 3 is 2.71 bits per heavy atom. The zero-order valence-corrected chi connectivity index (χ0v) is 17.9. The highest BCUT2D eigenvalue weighted by molar-refractivity contribution is 5.74. The van der Waals surface area contributed by atoms with E-state index in [-0.39, 0.29) is 36.4 Å². The molecule has 2 aliphatic carbocycles. The number of nitrogens with one attached hydrogen (secondary N) is 2. The van der Waals surface area contributed by atoms with Crippen LogP contribution in [0.4, 0.5) is 4.79 Å². The van der Waals surface area contributed by atoms with Gasteiger partial charge in [-0.05, 0) is 43.4 Å². The van der Waals surface area contributed by atoms with Crippen molar-refractivity contribution in [2.75, 3.05) is 13.2 Å². The summed E-state index contributed by atoms with van der Waals surface area (Å²) >= 11 is 0. The van der Waals surface area contributed by atoms with Crippen LogP contribution in [0, 0.1) is 0 Å². The topological polar surface area (TPSA) is 93.5 Å². The van der Waals surface area contributed by atoms with Crippen molar-refractivity contribution in [3.63, 3.8) is 0 Å². The molecular weight excluding hydrogens is 396 g/mol. The zero-order valence-electron chi connectivity index (χ0n) is 17.9. The number of rotatable bonds is 7. The number of benzene rings is 1. The molecule has 168 valence electrons. The van der Waals surface area contributed by atoms with Crippen molar-refractivity contribution in [2.24, 2.45) is 10.2 Å². The fraction of sp³-hybridized carbons (Fsp3) is 0.696. The van der Waals surface area contributed by atoms with E-state index in [0.717, 1.165) is 37.0 Å². The number of amides is 2. The van der Waals surface area contributed by atoms with Crippen LogP contribution in [0.3, 0.4) is 0 Å². The van der Waals surface area contributed by atoms with Crippen LogP contribution in [0.5, 0.6) is 5.75 Å². The van der Waals surface area contributed by atoms with Crippen molar-refractivity contribution >= 4 is 6.03 Å². The Balaban J connectivity index is 1.12. The Labute approximate surface area is 183 Å².